The quantitative estimate of drug-likeness (QED) is 0.891. The number of benzene rings is 1. The molecule has 1 saturated heterocycles. The fourth-order valence-electron chi connectivity index (χ4n) is 2.62. The number of carbonyl (C=O) groups excluding carboxylic acids is 1. The van der Waals surface area contributed by atoms with Crippen molar-refractivity contribution in [3.63, 3.8) is 0 Å². The van der Waals surface area contributed by atoms with E-state index in [1.165, 1.54) is 0 Å². The van der Waals surface area contributed by atoms with Crippen LogP contribution in [0.5, 0.6) is 0 Å². The summed E-state index contributed by atoms with van der Waals surface area (Å²) in [7, 11) is 0. The van der Waals surface area contributed by atoms with E-state index in [4.69, 9.17) is 0 Å². The maximum absolute atomic E-state index is 13.6. The molecule has 3 nitrogen and oxygen atoms in total. The third kappa shape index (κ3) is 2.78. The molecule has 1 fully saturated rings. The van der Waals surface area contributed by atoms with Crippen molar-refractivity contribution >= 4 is 5.91 Å². The molecule has 1 aromatic carbocycles. The summed E-state index contributed by atoms with van der Waals surface area (Å²) in [6, 6.07) is 3.20. The minimum Gasteiger partial charge on any atom is -0.393 e. The Bertz CT molecular complexity index is 476. The Labute approximate surface area is 113 Å². The van der Waals surface area contributed by atoms with E-state index in [1.54, 1.807) is 37.8 Å². The van der Waals surface area contributed by atoms with Crippen molar-refractivity contribution in [2.45, 2.75) is 33.3 Å². The lowest BCUT2D eigenvalue weighted by Gasteiger charge is -2.18. The standard InChI is InChI=1S/C15H20FNO2/c1-9-6-13(7-10(2)14(9)16)15(19)17-5-4-12(8-17)11(3)18/h6-7,11-12,18H,4-5,8H2,1-3H3. The highest BCUT2D eigenvalue weighted by molar-refractivity contribution is 5.94. The number of aryl methyl sites for hydroxylation is 2. The third-order valence-electron chi connectivity index (χ3n) is 3.88. The Morgan fingerprint density at radius 3 is 2.47 bits per heavy atom. The first kappa shape index (κ1) is 14.0. The number of aliphatic hydroxyl groups is 1. The van der Waals surface area contributed by atoms with Crippen molar-refractivity contribution in [2.75, 3.05) is 13.1 Å². The van der Waals surface area contributed by atoms with Crippen LogP contribution in [-0.2, 0) is 0 Å². The highest BCUT2D eigenvalue weighted by Gasteiger charge is 2.29. The van der Waals surface area contributed by atoms with E-state index in [9.17, 15) is 14.3 Å². The lowest BCUT2D eigenvalue weighted by atomic mass is 10.0. The van der Waals surface area contributed by atoms with Gasteiger partial charge < -0.3 is 10.0 Å². The summed E-state index contributed by atoms with van der Waals surface area (Å²) in [5.41, 5.74) is 1.52. The number of rotatable bonds is 2. The van der Waals surface area contributed by atoms with Gasteiger partial charge in [0.2, 0.25) is 0 Å². The SMILES string of the molecule is Cc1cc(C(=O)N2CCC(C(C)O)C2)cc(C)c1F. The van der Waals surface area contributed by atoms with Gasteiger partial charge in [-0.15, -0.1) is 0 Å². The third-order valence-corrected chi connectivity index (χ3v) is 3.88. The van der Waals surface area contributed by atoms with Gasteiger partial charge in [0.25, 0.3) is 5.91 Å². The molecule has 1 aliphatic heterocycles. The van der Waals surface area contributed by atoms with Crippen LogP contribution in [0.3, 0.4) is 0 Å². The maximum atomic E-state index is 13.6. The van der Waals surface area contributed by atoms with Crippen LogP contribution < -0.4 is 0 Å². The molecule has 2 unspecified atom stereocenters. The van der Waals surface area contributed by atoms with Gasteiger partial charge >= 0.3 is 0 Å². The van der Waals surface area contributed by atoms with Gasteiger partial charge in [-0.05, 0) is 50.5 Å². The van der Waals surface area contributed by atoms with Gasteiger partial charge in [0, 0.05) is 24.6 Å². The predicted molar refractivity (Wildman–Crippen MR) is 71.6 cm³/mol. The Morgan fingerprint density at radius 2 is 2.00 bits per heavy atom. The average molecular weight is 265 g/mol. The van der Waals surface area contributed by atoms with Crippen LogP contribution in [-0.4, -0.2) is 35.1 Å². The largest absolute Gasteiger partial charge is 0.393 e. The van der Waals surface area contributed by atoms with Crippen LogP contribution in [0.2, 0.25) is 0 Å². The zero-order chi connectivity index (χ0) is 14.2. The number of carbonyl (C=O) groups is 1. The first-order valence-electron chi connectivity index (χ1n) is 6.64. The minimum absolute atomic E-state index is 0.0747. The van der Waals surface area contributed by atoms with Gasteiger partial charge in [0.05, 0.1) is 6.10 Å². The van der Waals surface area contributed by atoms with E-state index < -0.39 is 6.10 Å². The lowest BCUT2D eigenvalue weighted by Crippen LogP contribution is -2.30. The number of amides is 1. The van der Waals surface area contributed by atoms with Crippen LogP contribution in [0, 0.1) is 25.6 Å². The second-order valence-electron chi connectivity index (χ2n) is 5.46. The number of aliphatic hydroxyl groups excluding tert-OH is 1. The predicted octanol–water partition coefficient (Wildman–Crippen LogP) is 2.29. The second kappa shape index (κ2) is 5.29. The van der Waals surface area contributed by atoms with E-state index in [0.29, 0.717) is 29.8 Å². The molecular formula is C15H20FNO2. The molecule has 0 radical (unpaired) electrons. The van der Waals surface area contributed by atoms with E-state index >= 15 is 0 Å². The van der Waals surface area contributed by atoms with Crippen molar-refractivity contribution in [1.82, 2.24) is 4.90 Å². The number of hydrogen-bond acceptors (Lipinski definition) is 2. The molecule has 1 aromatic rings. The molecule has 2 rings (SSSR count). The van der Waals surface area contributed by atoms with Crippen LogP contribution in [0.15, 0.2) is 12.1 Å². The molecule has 1 amide bonds. The molecular weight excluding hydrogens is 245 g/mol. The second-order valence-corrected chi connectivity index (χ2v) is 5.46. The summed E-state index contributed by atoms with van der Waals surface area (Å²) in [5, 5.41) is 9.56. The van der Waals surface area contributed by atoms with Crippen molar-refractivity contribution in [1.29, 1.82) is 0 Å². The Morgan fingerprint density at radius 1 is 1.42 bits per heavy atom. The number of hydrogen-bond donors (Lipinski definition) is 1. The van der Waals surface area contributed by atoms with Gasteiger partial charge in [-0.3, -0.25) is 4.79 Å². The molecule has 0 aromatic heterocycles. The van der Waals surface area contributed by atoms with Crippen LogP contribution >= 0.6 is 0 Å². The zero-order valence-electron chi connectivity index (χ0n) is 11.6. The van der Waals surface area contributed by atoms with E-state index in [-0.39, 0.29) is 17.6 Å². The van der Waals surface area contributed by atoms with Crippen molar-refractivity contribution in [2.24, 2.45) is 5.92 Å². The molecule has 1 heterocycles. The Hall–Kier alpha value is -1.42. The van der Waals surface area contributed by atoms with Crippen molar-refractivity contribution in [3.05, 3.63) is 34.6 Å². The fourth-order valence-corrected chi connectivity index (χ4v) is 2.62. The highest BCUT2D eigenvalue weighted by Crippen LogP contribution is 2.23. The molecule has 1 N–H and O–H groups in total. The topological polar surface area (TPSA) is 40.5 Å². The molecule has 104 valence electrons. The average Bonchev–Trinajstić information content (AvgIpc) is 2.84. The number of likely N-dealkylation sites (tertiary alicyclic amines) is 1. The van der Waals surface area contributed by atoms with Crippen LogP contribution in [0.25, 0.3) is 0 Å². The normalized spacial score (nSPS) is 20.7. The molecule has 0 saturated carbocycles. The molecule has 0 spiro atoms. The van der Waals surface area contributed by atoms with Crippen LogP contribution in [0.1, 0.15) is 34.8 Å². The maximum Gasteiger partial charge on any atom is 0.253 e. The van der Waals surface area contributed by atoms with Crippen molar-refractivity contribution in [3.8, 4) is 0 Å². The fraction of sp³-hybridized carbons (Fsp3) is 0.533. The smallest absolute Gasteiger partial charge is 0.253 e. The summed E-state index contributed by atoms with van der Waals surface area (Å²) in [6.45, 7) is 6.32. The van der Waals surface area contributed by atoms with E-state index in [1.807, 2.05) is 0 Å². The zero-order valence-corrected chi connectivity index (χ0v) is 11.6. The van der Waals surface area contributed by atoms with Gasteiger partial charge in [0.1, 0.15) is 5.82 Å². The molecule has 0 bridgehead atoms. The molecule has 19 heavy (non-hydrogen) atoms. The van der Waals surface area contributed by atoms with Gasteiger partial charge in [0.15, 0.2) is 0 Å². The Balaban J connectivity index is 2.17. The number of halogens is 1. The number of nitrogens with zero attached hydrogens (tertiary/aromatic N) is 1. The Kier molecular flexibility index (Phi) is 3.90. The summed E-state index contributed by atoms with van der Waals surface area (Å²) >= 11 is 0. The molecule has 2 atom stereocenters. The summed E-state index contributed by atoms with van der Waals surface area (Å²) in [6.07, 6.45) is 0.428. The summed E-state index contributed by atoms with van der Waals surface area (Å²) in [5.74, 6) is -0.180. The van der Waals surface area contributed by atoms with Gasteiger partial charge in [-0.2, -0.15) is 0 Å². The van der Waals surface area contributed by atoms with E-state index in [0.717, 1.165) is 6.42 Å². The van der Waals surface area contributed by atoms with E-state index in [2.05, 4.69) is 0 Å². The lowest BCUT2D eigenvalue weighted by molar-refractivity contribution is 0.0762. The van der Waals surface area contributed by atoms with Gasteiger partial charge in [-0.25, -0.2) is 4.39 Å². The first-order chi connectivity index (χ1) is 8.90. The molecule has 0 aliphatic carbocycles. The van der Waals surface area contributed by atoms with Gasteiger partial charge in [-0.1, -0.05) is 0 Å². The minimum atomic E-state index is -0.394. The summed E-state index contributed by atoms with van der Waals surface area (Å²) < 4.78 is 13.6. The first-order valence-corrected chi connectivity index (χ1v) is 6.64. The highest BCUT2D eigenvalue weighted by atomic mass is 19.1. The van der Waals surface area contributed by atoms with Crippen molar-refractivity contribution < 1.29 is 14.3 Å². The van der Waals surface area contributed by atoms with Crippen LogP contribution in [0.4, 0.5) is 4.39 Å². The molecule has 4 heteroatoms. The monoisotopic (exact) mass is 265 g/mol. The molecule has 1 aliphatic rings. The summed E-state index contributed by atoms with van der Waals surface area (Å²) in [4.78, 5) is 14.1.